The van der Waals surface area contributed by atoms with Crippen LogP contribution >= 0.6 is 0 Å². The van der Waals surface area contributed by atoms with Gasteiger partial charge in [-0.2, -0.15) is 0 Å². The van der Waals surface area contributed by atoms with E-state index in [-0.39, 0.29) is 19.7 Å². The van der Waals surface area contributed by atoms with Gasteiger partial charge in [0.05, 0.1) is 13.7 Å². The Morgan fingerprint density at radius 1 is 1.00 bits per heavy atom. The minimum absolute atomic E-state index is 0.0864. The van der Waals surface area contributed by atoms with Crippen LogP contribution < -0.4 is 16.0 Å². The highest BCUT2D eigenvalue weighted by molar-refractivity contribution is 5.89. The summed E-state index contributed by atoms with van der Waals surface area (Å²) in [5.41, 5.74) is 0.820. The second-order valence-corrected chi connectivity index (χ2v) is 5.62. The Morgan fingerprint density at radius 2 is 1.67 bits per heavy atom. The molecule has 0 spiro atoms. The van der Waals surface area contributed by atoms with Crippen LogP contribution in [0.5, 0.6) is 0 Å². The first-order valence-corrected chi connectivity index (χ1v) is 8.54. The van der Waals surface area contributed by atoms with Gasteiger partial charge in [0.15, 0.2) is 0 Å². The number of nitrogens with one attached hydrogen (secondary N) is 3. The predicted molar refractivity (Wildman–Crippen MR) is 96.5 cm³/mol. The first kappa shape index (κ1) is 21.9. The summed E-state index contributed by atoms with van der Waals surface area (Å²) < 4.78 is 9.57. The van der Waals surface area contributed by atoms with Crippen LogP contribution in [-0.2, 0) is 30.5 Å². The van der Waals surface area contributed by atoms with E-state index in [1.165, 1.54) is 7.11 Å². The Hall–Kier alpha value is -3.10. The highest BCUT2D eigenvalue weighted by atomic mass is 16.5. The summed E-state index contributed by atoms with van der Waals surface area (Å²) in [5, 5.41) is 7.12. The van der Waals surface area contributed by atoms with Gasteiger partial charge in [-0.25, -0.2) is 9.59 Å². The summed E-state index contributed by atoms with van der Waals surface area (Å²) >= 11 is 0. The fraction of sp³-hybridized carbons (Fsp3) is 0.444. The lowest BCUT2D eigenvalue weighted by Crippen LogP contribution is -2.47. The van der Waals surface area contributed by atoms with Gasteiger partial charge in [-0.1, -0.05) is 43.7 Å². The number of carbonyl (C=O) groups is 4. The van der Waals surface area contributed by atoms with E-state index in [0.29, 0.717) is 12.8 Å². The number of hydrogen-bond donors (Lipinski definition) is 3. The second-order valence-electron chi connectivity index (χ2n) is 5.62. The van der Waals surface area contributed by atoms with Crippen LogP contribution in [0.25, 0.3) is 0 Å². The Bertz CT molecular complexity index is 635. The molecule has 9 heteroatoms. The molecule has 0 radical (unpaired) electrons. The summed E-state index contributed by atoms with van der Waals surface area (Å²) in [5.74, 6) is -1.63. The lowest BCUT2D eigenvalue weighted by molar-refractivity contribution is -0.145. The molecule has 0 saturated heterocycles. The van der Waals surface area contributed by atoms with Gasteiger partial charge in [-0.05, 0) is 12.0 Å². The van der Waals surface area contributed by atoms with E-state index in [1.54, 1.807) is 12.1 Å². The van der Waals surface area contributed by atoms with Crippen molar-refractivity contribution < 1.29 is 28.7 Å². The molecule has 9 nitrogen and oxygen atoms in total. The smallest absolute Gasteiger partial charge is 0.407 e. The maximum Gasteiger partial charge on any atom is 0.407 e. The fourth-order valence-corrected chi connectivity index (χ4v) is 2.09. The third-order valence-electron chi connectivity index (χ3n) is 3.45. The molecule has 1 atom stereocenters. The molecule has 27 heavy (non-hydrogen) atoms. The van der Waals surface area contributed by atoms with Crippen molar-refractivity contribution in [3.63, 3.8) is 0 Å². The Balaban J connectivity index is 2.24. The first-order valence-electron chi connectivity index (χ1n) is 8.54. The Morgan fingerprint density at radius 3 is 2.30 bits per heavy atom. The van der Waals surface area contributed by atoms with E-state index in [1.807, 2.05) is 25.1 Å². The lowest BCUT2D eigenvalue weighted by atomic mass is 10.1. The molecule has 0 aliphatic carbocycles. The maximum absolute atomic E-state index is 11.8. The number of esters is 1. The van der Waals surface area contributed by atoms with Crippen molar-refractivity contribution in [2.24, 2.45) is 0 Å². The zero-order valence-electron chi connectivity index (χ0n) is 15.4. The fourth-order valence-electron chi connectivity index (χ4n) is 2.09. The molecule has 3 amide bonds. The van der Waals surface area contributed by atoms with Crippen LogP contribution in [0.3, 0.4) is 0 Å². The third kappa shape index (κ3) is 9.24. The van der Waals surface area contributed by atoms with Gasteiger partial charge in [0.1, 0.15) is 19.2 Å². The molecule has 148 valence electrons. The highest BCUT2D eigenvalue weighted by Crippen LogP contribution is 2.00. The minimum Gasteiger partial charge on any atom is -0.467 e. The van der Waals surface area contributed by atoms with Gasteiger partial charge in [0.25, 0.3) is 0 Å². The van der Waals surface area contributed by atoms with Crippen LogP contribution in [0.1, 0.15) is 25.3 Å². The van der Waals surface area contributed by atoms with E-state index in [0.717, 1.165) is 5.56 Å². The van der Waals surface area contributed by atoms with Crippen molar-refractivity contribution in [3.05, 3.63) is 35.9 Å². The molecule has 0 aliphatic rings. The number of hydrogen-bond acceptors (Lipinski definition) is 6. The quantitative estimate of drug-likeness (QED) is 0.509. The summed E-state index contributed by atoms with van der Waals surface area (Å²) in [6.45, 7) is 1.29. The molecule has 3 N–H and O–H groups in total. The van der Waals surface area contributed by atoms with Gasteiger partial charge >= 0.3 is 12.1 Å². The highest BCUT2D eigenvalue weighted by Gasteiger charge is 2.20. The molecule has 0 aromatic heterocycles. The number of benzene rings is 1. The molecular weight excluding hydrogens is 354 g/mol. The standard InChI is InChI=1S/C18H25N3O6/c1-3-7-14(17(24)26-2)21-16(23)11-19-15(22)10-20-18(25)27-12-13-8-5-4-6-9-13/h4-6,8-9,14H,3,7,10-12H2,1-2H3,(H,19,22)(H,20,25)(H,21,23)/t14-/m1/s1. The zero-order valence-corrected chi connectivity index (χ0v) is 15.4. The molecule has 0 saturated carbocycles. The molecule has 0 heterocycles. The molecule has 1 aromatic carbocycles. The molecule has 0 bridgehead atoms. The van der Waals surface area contributed by atoms with Crippen molar-refractivity contribution in [2.75, 3.05) is 20.2 Å². The van der Waals surface area contributed by atoms with Crippen LogP contribution in [0.2, 0.25) is 0 Å². The maximum atomic E-state index is 11.8. The zero-order chi connectivity index (χ0) is 20.1. The summed E-state index contributed by atoms with van der Waals surface area (Å²) in [6.07, 6.45) is 0.370. The summed E-state index contributed by atoms with van der Waals surface area (Å²) in [4.78, 5) is 46.6. The number of carbonyl (C=O) groups excluding carboxylic acids is 4. The average Bonchev–Trinajstić information content (AvgIpc) is 2.69. The molecule has 1 rings (SSSR count). The minimum atomic E-state index is -0.754. The topological polar surface area (TPSA) is 123 Å². The van der Waals surface area contributed by atoms with Gasteiger partial charge in [-0.15, -0.1) is 0 Å². The Labute approximate surface area is 157 Å². The molecular formula is C18H25N3O6. The van der Waals surface area contributed by atoms with Crippen LogP contribution in [-0.4, -0.2) is 50.1 Å². The first-order chi connectivity index (χ1) is 13.0. The molecule has 1 aromatic rings. The van der Waals surface area contributed by atoms with Crippen molar-refractivity contribution >= 4 is 23.9 Å². The Kier molecular flexibility index (Phi) is 9.98. The van der Waals surface area contributed by atoms with Gasteiger partial charge < -0.3 is 25.4 Å². The van der Waals surface area contributed by atoms with E-state index in [2.05, 4.69) is 20.7 Å². The number of alkyl carbamates (subject to hydrolysis) is 1. The van der Waals surface area contributed by atoms with Crippen molar-refractivity contribution in [1.82, 2.24) is 16.0 Å². The van der Waals surface area contributed by atoms with E-state index >= 15 is 0 Å². The summed E-state index contributed by atoms with van der Waals surface area (Å²) in [6, 6.07) is 8.34. The van der Waals surface area contributed by atoms with Crippen LogP contribution in [0.4, 0.5) is 4.79 Å². The average molecular weight is 379 g/mol. The predicted octanol–water partition coefficient (Wildman–Crippen LogP) is 0.487. The molecule has 0 unspecified atom stereocenters. The number of amides is 3. The van der Waals surface area contributed by atoms with Crippen molar-refractivity contribution in [1.29, 1.82) is 0 Å². The van der Waals surface area contributed by atoms with Gasteiger partial charge in [0, 0.05) is 0 Å². The SMILES string of the molecule is CCC[C@@H](NC(=O)CNC(=O)CNC(=O)OCc1ccccc1)C(=O)OC. The van der Waals surface area contributed by atoms with Gasteiger partial charge in [-0.3, -0.25) is 9.59 Å². The third-order valence-corrected chi connectivity index (χ3v) is 3.45. The summed E-state index contributed by atoms with van der Waals surface area (Å²) in [7, 11) is 1.24. The van der Waals surface area contributed by atoms with E-state index in [9.17, 15) is 19.2 Å². The second kappa shape index (κ2) is 12.3. The van der Waals surface area contributed by atoms with Crippen LogP contribution in [0.15, 0.2) is 30.3 Å². The number of methoxy groups -OCH3 is 1. The monoisotopic (exact) mass is 379 g/mol. The largest absolute Gasteiger partial charge is 0.467 e. The molecule has 0 fully saturated rings. The van der Waals surface area contributed by atoms with E-state index in [4.69, 9.17) is 4.74 Å². The number of ether oxygens (including phenoxy) is 2. The molecule has 0 aliphatic heterocycles. The van der Waals surface area contributed by atoms with Crippen molar-refractivity contribution in [2.45, 2.75) is 32.4 Å². The lowest BCUT2D eigenvalue weighted by Gasteiger charge is -2.15. The van der Waals surface area contributed by atoms with E-state index < -0.39 is 29.9 Å². The normalized spacial score (nSPS) is 11.0. The van der Waals surface area contributed by atoms with Gasteiger partial charge in [0.2, 0.25) is 11.8 Å². The van der Waals surface area contributed by atoms with Crippen molar-refractivity contribution in [3.8, 4) is 0 Å². The van der Waals surface area contributed by atoms with Crippen LogP contribution in [0, 0.1) is 0 Å². The number of rotatable bonds is 10.